The minimum atomic E-state index is -4.85. The van der Waals surface area contributed by atoms with Gasteiger partial charge in [0.25, 0.3) is 0 Å². The number of hydrogen-bond acceptors (Lipinski definition) is 7. The van der Waals surface area contributed by atoms with Crippen molar-refractivity contribution in [1.29, 1.82) is 0 Å². The summed E-state index contributed by atoms with van der Waals surface area (Å²) in [5, 5.41) is 19.8. The third kappa shape index (κ3) is 5.26. The number of pyridine rings is 1. The van der Waals surface area contributed by atoms with Gasteiger partial charge in [-0.05, 0) is 49.5 Å². The maximum atomic E-state index is 13.6. The zero-order valence-electron chi connectivity index (χ0n) is 17.9. The molecule has 11 heteroatoms. The molecule has 0 bridgehead atoms. The van der Waals surface area contributed by atoms with Gasteiger partial charge in [0, 0.05) is 41.1 Å². The molecular weight excluding hydrogens is 454 g/mol. The van der Waals surface area contributed by atoms with Crippen LogP contribution in [0.5, 0.6) is 5.75 Å². The van der Waals surface area contributed by atoms with E-state index in [1.165, 1.54) is 6.20 Å². The van der Waals surface area contributed by atoms with Crippen molar-refractivity contribution in [2.75, 3.05) is 18.9 Å². The quantitative estimate of drug-likeness (QED) is 0.306. The number of benzene rings is 2. The molecule has 0 amide bonds. The Morgan fingerprint density at radius 1 is 1.18 bits per heavy atom. The molecule has 7 nitrogen and oxygen atoms in total. The molecule has 2 unspecified atom stereocenters. The Balaban J connectivity index is 1.55. The van der Waals surface area contributed by atoms with Crippen LogP contribution in [0.1, 0.15) is 17.4 Å². The molecule has 0 fully saturated rings. The molecule has 0 radical (unpaired) electrons. The number of ether oxygens (including phenoxy) is 1. The lowest BCUT2D eigenvalue weighted by atomic mass is 10.1. The van der Waals surface area contributed by atoms with Crippen LogP contribution in [0, 0.1) is 5.82 Å². The second-order valence-electron chi connectivity index (χ2n) is 7.47. The number of halogens is 4. The minimum Gasteiger partial charge on any atom is -0.465 e. The Bertz CT molecular complexity index is 1250. The number of aliphatic imine (C=N–C) groups is 1. The van der Waals surface area contributed by atoms with Gasteiger partial charge in [-0.15, -0.1) is 0 Å². The lowest BCUT2D eigenvalue weighted by Gasteiger charge is -2.19. The molecule has 3 aromatic rings. The summed E-state index contributed by atoms with van der Waals surface area (Å²) in [6, 6.07) is 9.02. The monoisotopic (exact) mass is 475 g/mol. The first-order valence-corrected chi connectivity index (χ1v) is 10.2. The maximum Gasteiger partial charge on any atom is 0.419 e. The van der Waals surface area contributed by atoms with E-state index in [0.717, 1.165) is 11.8 Å². The van der Waals surface area contributed by atoms with Gasteiger partial charge in [-0.2, -0.15) is 13.2 Å². The fourth-order valence-corrected chi connectivity index (χ4v) is 3.49. The first-order valence-electron chi connectivity index (χ1n) is 10.2. The molecule has 2 atom stereocenters. The molecule has 34 heavy (non-hydrogen) atoms. The predicted molar refractivity (Wildman–Crippen MR) is 120 cm³/mol. The van der Waals surface area contributed by atoms with E-state index in [9.17, 15) is 22.7 Å². The van der Waals surface area contributed by atoms with Crippen molar-refractivity contribution in [1.82, 2.24) is 15.6 Å². The van der Waals surface area contributed by atoms with Crippen molar-refractivity contribution in [2.24, 2.45) is 4.99 Å². The molecule has 1 aliphatic heterocycles. The summed E-state index contributed by atoms with van der Waals surface area (Å²) in [6.07, 6.45) is -1.91. The Morgan fingerprint density at radius 3 is 2.76 bits per heavy atom. The molecule has 1 aromatic heterocycles. The summed E-state index contributed by atoms with van der Waals surface area (Å²) >= 11 is 0. The number of alkyl halides is 3. The van der Waals surface area contributed by atoms with Crippen LogP contribution < -0.4 is 20.7 Å². The topological polar surface area (TPSA) is 90.8 Å². The largest absolute Gasteiger partial charge is 0.465 e. The molecule has 2 aromatic carbocycles. The highest BCUT2D eigenvalue weighted by molar-refractivity contribution is 5.84. The van der Waals surface area contributed by atoms with Crippen molar-refractivity contribution >= 4 is 22.9 Å². The van der Waals surface area contributed by atoms with Crippen LogP contribution in [0.4, 0.5) is 23.2 Å². The molecule has 4 rings (SSSR count). The molecule has 0 saturated heterocycles. The zero-order valence-corrected chi connectivity index (χ0v) is 17.9. The van der Waals surface area contributed by atoms with Gasteiger partial charge in [0.15, 0.2) is 6.23 Å². The number of fused-ring (bicyclic) bond motifs is 1. The first kappa shape index (κ1) is 23.5. The Labute approximate surface area is 192 Å². The van der Waals surface area contributed by atoms with Crippen LogP contribution in [0.15, 0.2) is 65.4 Å². The van der Waals surface area contributed by atoms with Gasteiger partial charge in [-0.25, -0.2) is 9.38 Å². The van der Waals surface area contributed by atoms with Crippen LogP contribution in [0.25, 0.3) is 10.9 Å². The molecule has 0 spiro atoms. The number of nitrogens with zero attached hydrogens (tertiary/aromatic N) is 2. The van der Waals surface area contributed by atoms with Crippen molar-refractivity contribution < 1.29 is 27.4 Å². The third-order valence-electron chi connectivity index (χ3n) is 5.06. The van der Waals surface area contributed by atoms with Crippen LogP contribution in [-0.4, -0.2) is 36.2 Å². The molecule has 0 saturated carbocycles. The normalized spacial score (nSPS) is 16.6. The van der Waals surface area contributed by atoms with E-state index in [0.29, 0.717) is 40.9 Å². The van der Waals surface area contributed by atoms with Gasteiger partial charge in [0.2, 0.25) is 6.23 Å². The average molecular weight is 475 g/mol. The third-order valence-corrected chi connectivity index (χ3v) is 5.06. The standard InChI is InChI=1S/C23H21F4N5O2/c1-28-11-14-9-21(31-12-30-14)34-15-3-4-16-17(6-7-29-20(16)10-15)22(33)32-13-2-5-19(24)18(8-13)23(25,26)27/h2-10,12,21-22,28,32-33H,11H2,1H3,(H,30,31). The molecule has 0 aliphatic carbocycles. The van der Waals surface area contributed by atoms with Crippen LogP contribution >= 0.6 is 0 Å². The van der Waals surface area contributed by atoms with Crippen molar-refractivity contribution in [3.05, 3.63) is 77.4 Å². The lowest BCUT2D eigenvalue weighted by Crippen LogP contribution is -2.29. The van der Waals surface area contributed by atoms with Crippen molar-refractivity contribution in [3.63, 3.8) is 0 Å². The first-order chi connectivity index (χ1) is 16.2. The van der Waals surface area contributed by atoms with Crippen molar-refractivity contribution in [2.45, 2.75) is 18.6 Å². The smallest absolute Gasteiger partial charge is 0.419 e. The average Bonchev–Trinajstić information content (AvgIpc) is 2.79. The number of hydrogen-bond donors (Lipinski definition) is 4. The predicted octanol–water partition coefficient (Wildman–Crippen LogP) is 3.94. The molecule has 1 aliphatic rings. The van der Waals surface area contributed by atoms with E-state index in [-0.39, 0.29) is 5.69 Å². The second kappa shape index (κ2) is 9.65. The Kier molecular flexibility index (Phi) is 6.66. The van der Waals surface area contributed by atoms with Crippen LogP contribution in [-0.2, 0) is 6.18 Å². The molecular formula is C23H21F4N5O2. The molecule has 178 valence electrons. The summed E-state index contributed by atoms with van der Waals surface area (Å²) in [7, 11) is 1.82. The van der Waals surface area contributed by atoms with Crippen molar-refractivity contribution in [3.8, 4) is 5.75 Å². The van der Waals surface area contributed by atoms with E-state index in [1.807, 2.05) is 13.1 Å². The zero-order chi connectivity index (χ0) is 24.3. The molecule has 4 N–H and O–H groups in total. The number of aromatic nitrogens is 1. The van der Waals surface area contributed by atoms with Crippen LogP contribution in [0.2, 0.25) is 0 Å². The highest BCUT2D eigenvalue weighted by Crippen LogP contribution is 2.34. The van der Waals surface area contributed by atoms with Gasteiger partial charge in [0.05, 0.1) is 17.4 Å². The van der Waals surface area contributed by atoms with Gasteiger partial charge < -0.3 is 25.8 Å². The maximum absolute atomic E-state index is 13.6. The summed E-state index contributed by atoms with van der Waals surface area (Å²) in [5.74, 6) is -0.891. The summed E-state index contributed by atoms with van der Waals surface area (Å²) in [6.45, 7) is 0.623. The lowest BCUT2D eigenvalue weighted by molar-refractivity contribution is -0.139. The number of rotatable bonds is 7. The fraction of sp³-hybridized carbons (Fsp3) is 0.217. The van der Waals surface area contributed by atoms with E-state index in [1.54, 1.807) is 30.6 Å². The number of anilines is 1. The summed E-state index contributed by atoms with van der Waals surface area (Å²) < 4.78 is 58.4. The molecule has 2 heterocycles. The minimum absolute atomic E-state index is 0.0842. The van der Waals surface area contributed by atoms with E-state index >= 15 is 0 Å². The SMILES string of the molecule is CNCC1=CC(Oc2ccc3c(C(O)Nc4ccc(F)c(C(F)(F)F)c4)ccnc3c2)N=CN1. The van der Waals surface area contributed by atoms with Gasteiger partial charge in [-0.3, -0.25) is 4.98 Å². The number of aliphatic hydroxyl groups is 1. The highest BCUT2D eigenvalue weighted by Gasteiger charge is 2.34. The second-order valence-corrected chi connectivity index (χ2v) is 7.47. The number of nitrogens with one attached hydrogen (secondary N) is 3. The van der Waals surface area contributed by atoms with E-state index < -0.39 is 30.0 Å². The van der Waals surface area contributed by atoms with Crippen LogP contribution in [0.3, 0.4) is 0 Å². The van der Waals surface area contributed by atoms with Gasteiger partial charge >= 0.3 is 6.18 Å². The number of likely N-dealkylation sites (N-methyl/N-ethyl adjacent to an activating group) is 1. The van der Waals surface area contributed by atoms with Gasteiger partial charge in [0.1, 0.15) is 11.6 Å². The fourth-order valence-electron chi connectivity index (χ4n) is 3.49. The summed E-state index contributed by atoms with van der Waals surface area (Å²) in [4.78, 5) is 8.51. The Hall–Kier alpha value is -3.70. The van der Waals surface area contributed by atoms with E-state index in [4.69, 9.17) is 4.74 Å². The van der Waals surface area contributed by atoms with E-state index in [2.05, 4.69) is 25.9 Å². The highest BCUT2D eigenvalue weighted by atomic mass is 19.4. The summed E-state index contributed by atoms with van der Waals surface area (Å²) in [5.41, 5.74) is 0.291. The van der Waals surface area contributed by atoms with Gasteiger partial charge in [-0.1, -0.05) is 0 Å². The number of aliphatic hydroxyl groups excluding tert-OH is 1. The Morgan fingerprint density at radius 2 is 2.00 bits per heavy atom.